The molecule has 1 aliphatic heterocycles. The smallest absolute Gasteiger partial charge is 0.146 e. The maximum Gasteiger partial charge on any atom is 0.146 e. The second kappa shape index (κ2) is 5.83. The number of likely N-dealkylation sites (tertiary alicyclic amines) is 1. The first-order chi connectivity index (χ1) is 10.8. The Hall–Kier alpha value is -1.69. The fraction of sp³-hybridized carbons (Fsp3) is 0.688. The van der Waals surface area contributed by atoms with E-state index in [2.05, 4.69) is 42.7 Å². The lowest BCUT2D eigenvalue weighted by Gasteiger charge is -2.35. The van der Waals surface area contributed by atoms with Crippen molar-refractivity contribution in [1.29, 1.82) is 0 Å². The van der Waals surface area contributed by atoms with Crippen molar-refractivity contribution in [2.75, 3.05) is 6.54 Å². The molecule has 4 rings (SSSR count). The number of aromatic nitrogens is 5. The Morgan fingerprint density at radius 2 is 2.09 bits per heavy atom. The molecule has 1 aliphatic carbocycles. The zero-order valence-corrected chi connectivity index (χ0v) is 13.2. The van der Waals surface area contributed by atoms with Crippen LogP contribution in [0.5, 0.6) is 0 Å². The molecular weight excluding hydrogens is 276 g/mol. The molecule has 0 bridgehead atoms. The number of hydrogen-bond donors (Lipinski definition) is 0. The first-order valence-corrected chi connectivity index (χ1v) is 8.41. The van der Waals surface area contributed by atoms with Crippen LogP contribution in [0.3, 0.4) is 0 Å². The van der Waals surface area contributed by atoms with Crippen LogP contribution in [0.25, 0.3) is 0 Å². The van der Waals surface area contributed by atoms with Gasteiger partial charge in [-0.1, -0.05) is 6.42 Å². The quantitative estimate of drug-likeness (QED) is 0.847. The summed E-state index contributed by atoms with van der Waals surface area (Å²) in [5.41, 5.74) is 0. The Morgan fingerprint density at radius 3 is 2.86 bits per heavy atom. The summed E-state index contributed by atoms with van der Waals surface area (Å²) < 4.78 is 4.27. The van der Waals surface area contributed by atoms with Crippen LogP contribution in [0, 0.1) is 0 Å². The van der Waals surface area contributed by atoms with E-state index in [9.17, 15) is 0 Å². The zero-order valence-electron chi connectivity index (χ0n) is 13.2. The van der Waals surface area contributed by atoms with Crippen molar-refractivity contribution in [2.24, 2.45) is 7.05 Å². The highest BCUT2D eigenvalue weighted by Crippen LogP contribution is 2.38. The van der Waals surface area contributed by atoms with Gasteiger partial charge in [0.25, 0.3) is 0 Å². The molecule has 2 fully saturated rings. The van der Waals surface area contributed by atoms with Crippen LogP contribution in [-0.2, 0) is 20.1 Å². The van der Waals surface area contributed by atoms with Crippen molar-refractivity contribution in [2.45, 2.75) is 57.2 Å². The van der Waals surface area contributed by atoms with Crippen molar-refractivity contribution in [3.8, 4) is 0 Å². The molecule has 0 unspecified atom stereocenters. The minimum absolute atomic E-state index is 0.551. The third-order valence-electron chi connectivity index (χ3n) is 4.99. The molecular formula is C16H24N6. The lowest BCUT2D eigenvalue weighted by molar-refractivity contribution is 0.117. The van der Waals surface area contributed by atoms with Gasteiger partial charge in [-0.05, 0) is 38.3 Å². The molecule has 6 nitrogen and oxygen atoms in total. The predicted octanol–water partition coefficient (Wildman–Crippen LogP) is 1.94. The van der Waals surface area contributed by atoms with Gasteiger partial charge in [0.05, 0.1) is 13.1 Å². The Balaban J connectivity index is 1.47. The van der Waals surface area contributed by atoms with Gasteiger partial charge in [-0.2, -0.15) is 5.10 Å². The molecule has 0 amide bonds. The average molecular weight is 300 g/mol. The molecule has 0 radical (unpaired) electrons. The van der Waals surface area contributed by atoms with E-state index in [1.54, 1.807) is 0 Å². The highest BCUT2D eigenvalue weighted by atomic mass is 15.3. The van der Waals surface area contributed by atoms with Gasteiger partial charge in [0.2, 0.25) is 0 Å². The maximum absolute atomic E-state index is 4.45. The molecule has 0 aromatic carbocycles. The highest BCUT2D eigenvalue weighted by Gasteiger charge is 2.30. The number of piperidine rings is 1. The van der Waals surface area contributed by atoms with Crippen LogP contribution < -0.4 is 0 Å². The summed E-state index contributed by atoms with van der Waals surface area (Å²) in [5.74, 6) is 2.94. The average Bonchev–Trinajstić information content (AvgIpc) is 3.12. The van der Waals surface area contributed by atoms with Crippen LogP contribution in [0.15, 0.2) is 18.5 Å². The first-order valence-electron chi connectivity index (χ1n) is 8.41. The van der Waals surface area contributed by atoms with Crippen molar-refractivity contribution in [3.05, 3.63) is 30.1 Å². The molecule has 2 aromatic rings. The molecule has 1 atom stereocenters. The molecule has 1 saturated heterocycles. The van der Waals surface area contributed by atoms with Crippen molar-refractivity contribution >= 4 is 0 Å². The largest absolute Gasteiger partial charge is 0.317 e. The number of nitrogens with zero attached hydrogens (tertiary/aromatic N) is 6. The highest BCUT2D eigenvalue weighted by molar-refractivity contribution is 5.08. The summed E-state index contributed by atoms with van der Waals surface area (Å²) in [6, 6.07) is 2.55. The van der Waals surface area contributed by atoms with Crippen LogP contribution in [0.2, 0.25) is 0 Å². The van der Waals surface area contributed by atoms with Gasteiger partial charge in [-0.25, -0.2) is 0 Å². The number of rotatable bonds is 5. The van der Waals surface area contributed by atoms with Gasteiger partial charge in [-0.15, -0.1) is 10.2 Å². The number of hydrogen-bond acceptors (Lipinski definition) is 4. The topological polar surface area (TPSA) is 51.8 Å². The first kappa shape index (κ1) is 13.9. The van der Waals surface area contributed by atoms with Gasteiger partial charge in [0.15, 0.2) is 0 Å². The van der Waals surface area contributed by atoms with E-state index >= 15 is 0 Å². The predicted molar refractivity (Wildman–Crippen MR) is 83.3 cm³/mol. The minimum Gasteiger partial charge on any atom is -0.317 e. The lowest BCUT2D eigenvalue weighted by Crippen LogP contribution is -2.42. The zero-order chi connectivity index (χ0) is 14.9. The van der Waals surface area contributed by atoms with Gasteiger partial charge in [0, 0.05) is 31.4 Å². The lowest BCUT2D eigenvalue weighted by atomic mass is 10.0. The summed E-state index contributed by atoms with van der Waals surface area (Å²) in [6.07, 6.45) is 10.3. The van der Waals surface area contributed by atoms with E-state index in [4.69, 9.17) is 0 Å². The SMILES string of the molecule is Cn1c(CN2CCCC[C@@H]2Cn2cccn2)nnc1C1CC1. The molecule has 1 saturated carbocycles. The van der Waals surface area contributed by atoms with E-state index in [0.717, 1.165) is 25.5 Å². The molecule has 2 aliphatic rings. The van der Waals surface area contributed by atoms with E-state index < -0.39 is 0 Å². The van der Waals surface area contributed by atoms with Crippen molar-refractivity contribution in [3.63, 3.8) is 0 Å². The standard InChI is InChI=1S/C16H24N6/c1-20-15(18-19-16(20)13-6-7-13)12-21-9-3-2-5-14(21)11-22-10-4-8-17-22/h4,8,10,13-14H,2-3,5-7,9,11-12H2,1H3/t14-/m1/s1. The summed E-state index contributed by atoms with van der Waals surface area (Å²) in [7, 11) is 2.12. The van der Waals surface area contributed by atoms with E-state index in [0.29, 0.717) is 12.0 Å². The molecule has 0 N–H and O–H groups in total. The Morgan fingerprint density at radius 1 is 1.18 bits per heavy atom. The van der Waals surface area contributed by atoms with Crippen LogP contribution in [0.4, 0.5) is 0 Å². The van der Waals surface area contributed by atoms with Crippen LogP contribution in [-0.4, -0.2) is 42.0 Å². The van der Waals surface area contributed by atoms with Crippen LogP contribution in [0.1, 0.15) is 49.7 Å². The summed E-state index contributed by atoms with van der Waals surface area (Å²) in [4.78, 5) is 2.56. The molecule has 0 spiro atoms. The minimum atomic E-state index is 0.551. The fourth-order valence-electron chi connectivity index (χ4n) is 3.49. The van der Waals surface area contributed by atoms with Crippen molar-refractivity contribution < 1.29 is 0 Å². The summed E-state index contributed by atoms with van der Waals surface area (Å²) in [5, 5.41) is 13.2. The summed E-state index contributed by atoms with van der Waals surface area (Å²) in [6.45, 7) is 3.03. The van der Waals surface area contributed by atoms with Gasteiger partial charge < -0.3 is 4.57 Å². The van der Waals surface area contributed by atoms with Gasteiger partial charge >= 0.3 is 0 Å². The van der Waals surface area contributed by atoms with Gasteiger partial charge in [-0.3, -0.25) is 9.58 Å². The van der Waals surface area contributed by atoms with E-state index in [-0.39, 0.29) is 0 Å². The fourth-order valence-corrected chi connectivity index (χ4v) is 3.49. The summed E-state index contributed by atoms with van der Waals surface area (Å²) >= 11 is 0. The third-order valence-corrected chi connectivity index (χ3v) is 4.99. The van der Waals surface area contributed by atoms with E-state index in [1.807, 2.05) is 12.3 Å². The Bertz CT molecular complexity index is 613. The normalized spacial score (nSPS) is 23.0. The monoisotopic (exact) mass is 300 g/mol. The van der Waals surface area contributed by atoms with Crippen LogP contribution >= 0.6 is 0 Å². The second-order valence-electron chi connectivity index (χ2n) is 6.66. The second-order valence-corrected chi connectivity index (χ2v) is 6.66. The Kier molecular flexibility index (Phi) is 3.70. The third kappa shape index (κ3) is 2.79. The van der Waals surface area contributed by atoms with E-state index in [1.165, 1.54) is 37.9 Å². The van der Waals surface area contributed by atoms with Gasteiger partial charge in [0.1, 0.15) is 11.6 Å². The Labute approximate surface area is 131 Å². The molecule has 2 aromatic heterocycles. The molecule has 22 heavy (non-hydrogen) atoms. The van der Waals surface area contributed by atoms with Crippen molar-refractivity contribution in [1.82, 2.24) is 29.4 Å². The molecule has 118 valence electrons. The molecule has 3 heterocycles. The maximum atomic E-state index is 4.45. The molecule has 6 heteroatoms.